The maximum absolute atomic E-state index is 12.9. The first kappa shape index (κ1) is 20.2. The molecule has 1 fully saturated rings. The molecule has 0 bridgehead atoms. The number of methoxy groups -OCH3 is 1. The van der Waals surface area contributed by atoms with Crippen molar-refractivity contribution in [3.05, 3.63) is 75.7 Å². The molecule has 0 saturated carbocycles. The summed E-state index contributed by atoms with van der Waals surface area (Å²) >= 11 is 0. The topological polar surface area (TPSA) is 80.4 Å². The van der Waals surface area contributed by atoms with E-state index < -0.39 is 0 Å². The molecule has 0 radical (unpaired) electrons. The Bertz CT molecular complexity index is 1130. The summed E-state index contributed by atoms with van der Waals surface area (Å²) < 4.78 is 11.2. The van der Waals surface area contributed by atoms with Gasteiger partial charge in [0.1, 0.15) is 11.4 Å². The second-order valence-electron chi connectivity index (χ2n) is 7.88. The molecule has 0 unspecified atom stereocenters. The molecule has 30 heavy (non-hydrogen) atoms. The Morgan fingerprint density at radius 2 is 1.93 bits per heavy atom. The zero-order chi connectivity index (χ0) is 21.1. The summed E-state index contributed by atoms with van der Waals surface area (Å²) in [6.07, 6.45) is 1.56. The van der Waals surface area contributed by atoms with Crippen LogP contribution in [0.25, 0.3) is 10.8 Å². The molecule has 2 N–H and O–H groups in total. The van der Waals surface area contributed by atoms with E-state index in [-0.39, 0.29) is 22.6 Å². The van der Waals surface area contributed by atoms with Crippen LogP contribution >= 0.6 is 0 Å². The number of fused-ring (bicyclic) bond motifs is 1. The predicted octanol–water partition coefficient (Wildman–Crippen LogP) is 3.32. The van der Waals surface area contributed by atoms with Gasteiger partial charge in [-0.2, -0.15) is 0 Å². The Morgan fingerprint density at radius 3 is 2.70 bits per heavy atom. The molecule has 6 nitrogen and oxygen atoms in total. The van der Waals surface area contributed by atoms with E-state index in [1.54, 1.807) is 19.2 Å². The van der Waals surface area contributed by atoms with Crippen LogP contribution in [0.5, 0.6) is 5.75 Å². The van der Waals surface area contributed by atoms with Crippen LogP contribution in [-0.2, 0) is 10.2 Å². The van der Waals surface area contributed by atoms with Gasteiger partial charge in [-0.25, -0.2) is 0 Å². The number of carbonyl (C=O) groups is 1. The number of hydrogen-bond acceptors (Lipinski definition) is 4. The lowest BCUT2D eigenvalue weighted by atomic mass is 9.73. The molecule has 1 aromatic heterocycles. The first-order valence-corrected chi connectivity index (χ1v) is 10.2. The molecule has 0 aliphatic carbocycles. The monoisotopic (exact) mass is 406 g/mol. The van der Waals surface area contributed by atoms with Crippen LogP contribution in [0.15, 0.2) is 53.3 Å². The summed E-state index contributed by atoms with van der Waals surface area (Å²) in [4.78, 5) is 28.0. The van der Waals surface area contributed by atoms with Crippen molar-refractivity contribution in [1.82, 2.24) is 10.3 Å². The zero-order valence-electron chi connectivity index (χ0n) is 17.3. The normalized spacial score (nSPS) is 15.7. The fourth-order valence-electron chi connectivity index (χ4n) is 4.22. The number of carbonyl (C=O) groups excluding carboxylic acids is 1. The molecule has 4 rings (SSSR count). The molecule has 1 aliphatic rings. The largest absolute Gasteiger partial charge is 0.496 e. The molecule has 2 heterocycles. The van der Waals surface area contributed by atoms with Crippen molar-refractivity contribution in [2.75, 3.05) is 26.9 Å². The van der Waals surface area contributed by atoms with E-state index in [2.05, 4.69) is 16.4 Å². The van der Waals surface area contributed by atoms with Crippen LogP contribution in [0.4, 0.5) is 0 Å². The smallest absolute Gasteiger partial charge is 0.267 e. The summed E-state index contributed by atoms with van der Waals surface area (Å²) in [6.45, 7) is 3.73. The predicted molar refractivity (Wildman–Crippen MR) is 116 cm³/mol. The first-order valence-electron chi connectivity index (χ1n) is 10.2. The molecule has 1 saturated heterocycles. The van der Waals surface area contributed by atoms with Gasteiger partial charge in [-0.15, -0.1) is 0 Å². The van der Waals surface area contributed by atoms with Gasteiger partial charge in [0.05, 0.1) is 7.11 Å². The summed E-state index contributed by atoms with van der Waals surface area (Å²) in [5, 5.41) is 4.36. The highest BCUT2D eigenvalue weighted by molar-refractivity contribution is 5.96. The van der Waals surface area contributed by atoms with Crippen LogP contribution in [0.3, 0.4) is 0 Å². The number of aryl methyl sites for hydroxylation is 1. The van der Waals surface area contributed by atoms with Gasteiger partial charge in [0.25, 0.3) is 11.5 Å². The van der Waals surface area contributed by atoms with Crippen molar-refractivity contribution < 1.29 is 14.3 Å². The highest BCUT2D eigenvalue weighted by Gasteiger charge is 2.37. The van der Waals surface area contributed by atoms with Crippen molar-refractivity contribution >= 4 is 16.7 Å². The Hall–Kier alpha value is -3.12. The van der Waals surface area contributed by atoms with E-state index in [0.717, 1.165) is 35.1 Å². The molecule has 6 heteroatoms. The van der Waals surface area contributed by atoms with Gasteiger partial charge >= 0.3 is 0 Å². The second-order valence-corrected chi connectivity index (χ2v) is 7.88. The van der Waals surface area contributed by atoms with Crippen LogP contribution in [0, 0.1) is 6.92 Å². The lowest BCUT2D eigenvalue weighted by Gasteiger charge is -2.38. The van der Waals surface area contributed by atoms with Gasteiger partial charge in [-0.05, 0) is 43.4 Å². The number of hydrogen-bond donors (Lipinski definition) is 2. The molecule has 0 spiro atoms. The zero-order valence-corrected chi connectivity index (χ0v) is 17.3. The number of ether oxygens (including phenoxy) is 2. The Morgan fingerprint density at radius 1 is 1.17 bits per heavy atom. The van der Waals surface area contributed by atoms with E-state index in [4.69, 9.17) is 9.47 Å². The van der Waals surface area contributed by atoms with Crippen molar-refractivity contribution in [2.45, 2.75) is 25.2 Å². The number of H-pyrrole nitrogens is 1. The van der Waals surface area contributed by atoms with Crippen LogP contribution in [-0.4, -0.2) is 37.8 Å². The third-order valence-corrected chi connectivity index (χ3v) is 5.96. The number of aromatic nitrogens is 1. The maximum atomic E-state index is 12.9. The van der Waals surface area contributed by atoms with Crippen molar-refractivity contribution in [3.8, 4) is 5.75 Å². The SMILES string of the molecule is COc1ccc(C)cc1C1(CNC(=O)c2cc3ccccc3c(=O)[nH]2)CCOCC1. The third kappa shape index (κ3) is 3.83. The lowest BCUT2D eigenvalue weighted by molar-refractivity contribution is 0.0478. The lowest BCUT2D eigenvalue weighted by Crippen LogP contribution is -2.45. The Kier molecular flexibility index (Phi) is 5.59. The van der Waals surface area contributed by atoms with E-state index in [1.165, 1.54) is 0 Å². The minimum Gasteiger partial charge on any atom is -0.496 e. The summed E-state index contributed by atoms with van der Waals surface area (Å²) in [5.74, 6) is 0.520. The number of benzene rings is 2. The minimum atomic E-state index is -0.296. The fourth-order valence-corrected chi connectivity index (χ4v) is 4.22. The molecule has 1 aliphatic heterocycles. The highest BCUT2D eigenvalue weighted by atomic mass is 16.5. The molecule has 156 valence electrons. The third-order valence-electron chi connectivity index (χ3n) is 5.96. The van der Waals surface area contributed by atoms with Gasteiger partial charge in [-0.1, -0.05) is 35.9 Å². The van der Waals surface area contributed by atoms with E-state index in [1.807, 2.05) is 37.3 Å². The van der Waals surface area contributed by atoms with Crippen molar-refractivity contribution in [3.63, 3.8) is 0 Å². The number of rotatable bonds is 5. The number of amides is 1. The summed E-state index contributed by atoms with van der Waals surface area (Å²) in [6, 6.07) is 15.1. The number of aromatic amines is 1. The van der Waals surface area contributed by atoms with Crippen LogP contribution in [0.1, 0.15) is 34.5 Å². The van der Waals surface area contributed by atoms with Gasteiger partial charge in [0, 0.05) is 36.1 Å². The van der Waals surface area contributed by atoms with E-state index in [9.17, 15) is 9.59 Å². The van der Waals surface area contributed by atoms with Gasteiger partial charge in [-0.3, -0.25) is 9.59 Å². The first-order chi connectivity index (χ1) is 14.5. The van der Waals surface area contributed by atoms with Gasteiger partial charge in [0.2, 0.25) is 0 Å². The highest BCUT2D eigenvalue weighted by Crippen LogP contribution is 2.40. The average Bonchev–Trinajstić information content (AvgIpc) is 2.78. The van der Waals surface area contributed by atoms with E-state index >= 15 is 0 Å². The van der Waals surface area contributed by atoms with Crippen molar-refractivity contribution in [1.29, 1.82) is 0 Å². The number of pyridine rings is 1. The van der Waals surface area contributed by atoms with Gasteiger partial charge < -0.3 is 19.8 Å². The fraction of sp³-hybridized carbons (Fsp3) is 0.333. The van der Waals surface area contributed by atoms with Crippen LogP contribution < -0.4 is 15.6 Å². The minimum absolute atomic E-state index is 0.261. The van der Waals surface area contributed by atoms with Crippen molar-refractivity contribution in [2.24, 2.45) is 0 Å². The average molecular weight is 406 g/mol. The summed E-state index contributed by atoms with van der Waals surface area (Å²) in [7, 11) is 1.67. The maximum Gasteiger partial charge on any atom is 0.267 e. The van der Waals surface area contributed by atoms with Gasteiger partial charge in [0.15, 0.2) is 0 Å². The molecule has 1 amide bonds. The molecular weight excluding hydrogens is 380 g/mol. The molecule has 0 atom stereocenters. The number of nitrogens with one attached hydrogen (secondary N) is 2. The molecule has 2 aromatic carbocycles. The quantitative estimate of drug-likeness (QED) is 0.681. The molecule has 3 aromatic rings. The second kappa shape index (κ2) is 8.32. The standard InChI is InChI=1S/C24H26N2O4/c1-16-7-8-21(29-2)19(13-16)24(9-11-30-12-10-24)15-25-23(28)20-14-17-5-3-4-6-18(17)22(27)26-20/h3-8,13-14H,9-12,15H2,1-2H3,(H,25,28)(H,26,27). The molecular formula is C24H26N2O4. The Balaban J connectivity index is 1.63. The van der Waals surface area contributed by atoms with E-state index in [0.29, 0.717) is 25.1 Å². The Labute approximate surface area is 175 Å². The summed E-state index contributed by atoms with van der Waals surface area (Å²) in [5.41, 5.74) is 1.93. The van der Waals surface area contributed by atoms with Crippen LogP contribution in [0.2, 0.25) is 0 Å².